The minimum Gasteiger partial charge on any atom is -0.383 e. The molecule has 0 spiro atoms. The fraction of sp³-hybridized carbons (Fsp3) is 1.00. The Hall–Kier alpha value is -0.120. The van der Waals surface area contributed by atoms with Crippen LogP contribution in [-0.2, 0) is 4.74 Å². The first-order chi connectivity index (χ1) is 7.63. The highest BCUT2D eigenvalue weighted by Gasteiger charge is 2.25. The maximum absolute atomic E-state index is 5.04. The Kier molecular flexibility index (Phi) is 6.32. The summed E-state index contributed by atoms with van der Waals surface area (Å²) in [5.41, 5.74) is 0. The van der Waals surface area contributed by atoms with Crippen molar-refractivity contribution in [2.75, 3.05) is 33.4 Å². The van der Waals surface area contributed by atoms with Crippen LogP contribution in [0, 0.1) is 5.92 Å². The lowest BCUT2D eigenvalue weighted by molar-refractivity contribution is 0.194. The molecule has 96 valence electrons. The molecule has 3 heteroatoms. The van der Waals surface area contributed by atoms with Gasteiger partial charge in [0.25, 0.3) is 0 Å². The summed E-state index contributed by atoms with van der Waals surface area (Å²) in [4.78, 5) is 2.59. The van der Waals surface area contributed by atoms with Crippen LogP contribution in [-0.4, -0.2) is 50.3 Å². The molecule has 0 saturated carbocycles. The van der Waals surface area contributed by atoms with Crippen LogP contribution in [0.1, 0.15) is 33.6 Å². The Morgan fingerprint density at radius 2 is 2.12 bits per heavy atom. The molecule has 0 amide bonds. The number of rotatable bonds is 7. The average Bonchev–Trinajstić information content (AvgIpc) is 2.66. The molecule has 0 bridgehead atoms. The van der Waals surface area contributed by atoms with Crippen LogP contribution in [0.15, 0.2) is 0 Å². The molecule has 1 rings (SSSR count). The zero-order valence-corrected chi connectivity index (χ0v) is 11.3. The van der Waals surface area contributed by atoms with Gasteiger partial charge in [-0.2, -0.15) is 0 Å². The van der Waals surface area contributed by atoms with Crippen LogP contribution in [0.25, 0.3) is 0 Å². The van der Waals surface area contributed by atoms with Crippen LogP contribution < -0.4 is 5.32 Å². The van der Waals surface area contributed by atoms with Crippen molar-refractivity contribution in [2.45, 2.75) is 45.7 Å². The third-order valence-electron chi connectivity index (χ3n) is 3.53. The minimum absolute atomic E-state index is 0.618. The lowest BCUT2D eigenvalue weighted by Gasteiger charge is -2.21. The van der Waals surface area contributed by atoms with Crippen molar-refractivity contribution in [1.29, 1.82) is 0 Å². The second-order valence-corrected chi connectivity index (χ2v) is 5.33. The van der Waals surface area contributed by atoms with Gasteiger partial charge in [-0.25, -0.2) is 0 Å². The molecule has 0 aromatic carbocycles. The molecule has 0 aliphatic carbocycles. The highest BCUT2D eigenvalue weighted by Crippen LogP contribution is 2.22. The first-order valence-electron chi connectivity index (χ1n) is 6.59. The van der Waals surface area contributed by atoms with Gasteiger partial charge in [-0.3, -0.25) is 0 Å². The van der Waals surface area contributed by atoms with Crippen molar-refractivity contribution in [3.63, 3.8) is 0 Å². The topological polar surface area (TPSA) is 24.5 Å². The number of nitrogens with zero attached hydrogens (tertiary/aromatic N) is 1. The summed E-state index contributed by atoms with van der Waals surface area (Å²) in [5, 5.41) is 3.51. The summed E-state index contributed by atoms with van der Waals surface area (Å²) in [6, 6.07) is 1.33. The normalized spacial score (nSPS) is 24.2. The van der Waals surface area contributed by atoms with Crippen LogP contribution in [0.4, 0.5) is 0 Å². The number of ether oxygens (including phenoxy) is 1. The summed E-state index contributed by atoms with van der Waals surface area (Å²) in [6.45, 7) is 11.2. The summed E-state index contributed by atoms with van der Waals surface area (Å²) >= 11 is 0. The van der Waals surface area contributed by atoms with Crippen molar-refractivity contribution in [3.8, 4) is 0 Å². The van der Waals surface area contributed by atoms with Crippen LogP contribution in [0.3, 0.4) is 0 Å². The fourth-order valence-electron chi connectivity index (χ4n) is 2.51. The van der Waals surface area contributed by atoms with Gasteiger partial charge in [-0.1, -0.05) is 0 Å². The Bertz CT molecular complexity index is 185. The van der Waals surface area contributed by atoms with E-state index >= 15 is 0 Å². The van der Waals surface area contributed by atoms with E-state index in [-0.39, 0.29) is 0 Å². The Morgan fingerprint density at radius 3 is 2.69 bits per heavy atom. The molecule has 0 aromatic heterocycles. The maximum atomic E-state index is 5.04. The summed E-state index contributed by atoms with van der Waals surface area (Å²) in [5.74, 6) is 0.882. The molecule has 16 heavy (non-hydrogen) atoms. The molecule has 1 saturated heterocycles. The summed E-state index contributed by atoms with van der Waals surface area (Å²) < 4.78 is 5.04. The van der Waals surface area contributed by atoms with E-state index < -0.39 is 0 Å². The van der Waals surface area contributed by atoms with Crippen LogP contribution in [0.5, 0.6) is 0 Å². The first-order valence-corrected chi connectivity index (χ1v) is 6.59. The van der Waals surface area contributed by atoms with Gasteiger partial charge in [-0.05, 0) is 46.1 Å². The van der Waals surface area contributed by atoms with Gasteiger partial charge in [-0.15, -0.1) is 0 Å². The molecule has 1 aliphatic heterocycles. The maximum Gasteiger partial charge on any atom is 0.0587 e. The molecule has 2 unspecified atom stereocenters. The van der Waals surface area contributed by atoms with Crippen molar-refractivity contribution in [1.82, 2.24) is 10.2 Å². The van der Waals surface area contributed by atoms with Crippen LogP contribution >= 0.6 is 0 Å². The van der Waals surface area contributed by atoms with Crippen LogP contribution in [0.2, 0.25) is 0 Å². The van der Waals surface area contributed by atoms with E-state index in [0.29, 0.717) is 12.1 Å². The number of nitrogens with one attached hydrogen (secondary N) is 1. The van der Waals surface area contributed by atoms with Gasteiger partial charge in [0.2, 0.25) is 0 Å². The molecule has 2 atom stereocenters. The smallest absolute Gasteiger partial charge is 0.0587 e. The van der Waals surface area contributed by atoms with E-state index in [2.05, 4.69) is 31.0 Å². The minimum atomic E-state index is 0.618. The highest BCUT2D eigenvalue weighted by molar-refractivity contribution is 4.80. The molecular formula is C13H28N2O. The zero-order valence-electron chi connectivity index (χ0n) is 11.3. The van der Waals surface area contributed by atoms with Gasteiger partial charge in [0, 0.05) is 32.3 Å². The Balaban J connectivity index is 2.13. The number of hydrogen-bond acceptors (Lipinski definition) is 3. The van der Waals surface area contributed by atoms with Crippen molar-refractivity contribution in [2.24, 2.45) is 5.92 Å². The molecule has 0 aromatic rings. The quantitative estimate of drug-likeness (QED) is 0.672. The lowest BCUT2D eigenvalue weighted by atomic mass is 10.00. The van der Waals surface area contributed by atoms with E-state index in [9.17, 15) is 0 Å². The monoisotopic (exact) mass is 228 g/mol. The van der Waals surface area contributed by atoms with Gasteiger partial charge in [0.15, 0.2) is 0 Å². The average molecular weight is 228 g/mol. The van der Waals surface area contributed by atoms with E-state index in [0.717, 1.165) is 19.1 Å². The molecule has 1 fully saturated rings. The fourth-order valence-corrected chi connectivity index (χ4v) is 2.51. The second-order valence-electron chi connectivity index (χ2n) is 5.33. The van der Waals surface area contributed by atoms with Crippen molar-refractivity contribution < 1.29 is 4.74 Å². The third kappa shape index (κ3) is 4.81. The molecule has 0 radical (unpaired) electrons. The van der Waals surface area contributed by atoms with E-state index in [1.54, 1.807) is 7.11 Å². The summed E-state index contributed by atoms with van der Waals surface area (Å²) in [6.07, 6.45) is 2.67. The number of likely N-dealkylation sites (tertiary alicyclic amines) is 1. The first kappa shape index (κ1) is 13.9. The van der Waals surface area contributed by atoms with Crippen molar-refractivity contribution >= 4 is 0 Å². The molecule has 1 heterocycles. The van der Waals surface area contributed by atoms with Gasteiger partial charge in [0.1, 0.15) is 0 Å². The molecule has 1 N–H and O–H groups in total. The SMILES string of the molecule is COCCNC(C)CC1CCN(C(C)C)C1. The van der Waals surface area contributed by atoms with Crippen molar-refractivity contribution in [3.05, 3.63) is 0 Å². The largest absolute Gasteiger partial charge is 0.383 e. The van der Waals surface area contributed by atoms with Gasteiger partial charge in [0.05, 0.1) is 6.61 Å². The third-order valence-corrected chi connectivity index (χ3v) is 3.53. The Labute approximate surface area is 101 Å². The van der Waals surface area contributed by atoms with E-state index in [1.165, 1.54) is 25.9 Å². The molecule has 1 aliphatic rings. The van der Waals surface area contributed by atoms with Gasteiger partial charge < -0.3 is 15.0 Å². The zero-order chi connectivity index (χ0) is 12.0. The Morgan fingerprint density at radius 1 is 1.38 bits per heavy atom. The van der Waals surface area contributed by atoms with E-state index in [1.807, 2.05) is 0 Å². The predicted molar refractivity (Wildman–Crippen MR) is 68.8 cm³/mol. The second kappa shape index (κ2) is 7.25. The molecular weight excluding hydrogens is 200 g/mol. The predicted octanol–water partition coefficient (Wildman–Crippen LogP) is 1.73. The number of hydrogen-bond donors (Lipinski definition) is 1. The molecule has 3 nitrogen and oxygen atoms in total. The summed E-state index contributed by atoms with van der Waals surface area (Å²) in [7, 11) is 1.75. The number of methoxy groups -OCH3 is 1. The standard InChI is InChI=1S/C13H28N2O/c1-11(2)15-7-5-13(10-15)9-12(3)14-6-8-16-4/h11-14H,5-10H2,1-4H3. The highest BCUT2D eigenvalue weighted by atomic mass is 16.5. The van der Waals surface area contributed by atoms with Gasteiger partial charge >= 0.3 is 0 Å². The van der Waals surface area contributed by atoms with E-state index in [4.69, 9.17) is 4.74 Å². The lowest BCUT2D eigenvalue weighted by Crippen LogP contribution is -2.32.